The van der Waals surface area contributed by atoms with Gasteiger partial charge in [0.2, 0.25) is 0 Å². The molecule has 0 aliphatic carbocycles. The van der Waals surface area contributed by atoms with E-state index in [1.807, 2.05) is 30.3 Å². The molecule has 0 spiro atoms. The van der Waals surface area contributed by atoms with Gasteiger partial charge in [-0.1, -0.05) is 67.6 Å². The first-order chi connectivity index (χ1) is 13.7. The molecule has 3 nitrogen and oxygen atoms in total. The number of hydrogen-bond donors (Lipinski definition) is 1. The van der Waals surface area contributed by atoms with Crippen molar-refractivity contribution in [1.82, 2.24) is 4.90 Å². The minimum absolute atomic E-state index is 0.691. The van der Waals surface area contributed by atoms with E-state index in [-0.39, 0.29) is 0 Å². The van der Waals surface area contributed by atoms with Gasteiger partial charge in [0.15, 0.2) is 5.11 Å². The second kappa shape index (κ2) is 9.90. The van der Waals surface area contributed by atoms with Gasteiger partial charge < -0.3 is 15.0 Å². The van der Waals surface area contributed by atoms with Gasteiger partial charge in [-0.3, -0.25) is 0 Å². The average Bonchev–Trinajstić information content (AvgIpc) is 2.74. The van der Waals surface area contributed by atoms with E-state index in [4.69, 9.17) is 17.0 Å². The average molecular weight is 391 g/mol. The number of hydrogen-bond acceptors (Lipinski definition) is 2. The Kier molecular flexibility index (Phi) is 7.04. The third-order valence-electron chi connectivity index (χ3n) is 4.63. The molecule has 0 saturated carbocycles. The number of ether oxygens (including phenoxy) is 1. The summed E-state index contributed by atoms with van der Waals surface area (Å²) in [5.74, 6) is 0.803. The molecule has 0 radical (unpaired) electrons. The molecule has 0 amide bonds. The molecule has 0 unspecified atom stereocenters. The molecule has 28 heavy (non-hydrogen) atoms. The number of nitrogens with zero attached hydrogens (tertiary/aromatic N) is 1. The summed E-state index contributed by atoms with van der Waals surface area (Å²) in [6, 6.07) is 27.0. The summed E-state index contributed by atoms with van der Waals surface area (Å²) < 4.78 is 5.31. The van der Waals surface area contributed by atoms with Crippen molar-refractivity contribution in [2.24, 2.45) is 0 Å². The zero-order valence-corrected chi connectivity index (χ0v) is 17.2. The first-order valence-corrected chi connectivity index (χ1v) is 9.90. The van der Waals surface area contributed by atoms with Crippen molar-refractivity contribution in [3.05, 3.63) is 95.6 Å². The van der Waals surface area contributed by atoms with E-state index in [0.29, 0.717) is 5.11 Å². The smallest absolute Gasteiger partial charge is 0.174 e. The Morgan fingerprint density at radius 1 is 0.857 bits per heavy atom. The van der Waals surface area contributed by atoms with Crippen LogP contribution in [-0.2, 0) is 19.5 Å². The highest BCUT2D eigenvalue weighted by Gasteiger charge is 2.12. The fourth-order valence-corrected chi connectivity index (χ4v) is 3.25. The van der Waals surface area contributed by atoms with Crippen LogP contribution >= 0.6 is 12.2 Å². The van der Waals surface area contributed by atoms with Crippen LogP contribution < -0.4 is 10.1 Å². The van der Waals surface area contributed by atoms with Crippen molar-refractivity contribution >= 4 is 23.0 Å². The molecule has 0 aliphatic heterocycles. The zero-order valence-electron chi connectivity index (χ0n) is 16.4. The Morgan fingerprint density at radius 3 is 2.14 bits per heavy atom. The number of aryl methyl sites for hydroxylation is 1. The summed E-state index contributed by atoms with van der Waals surface area (Å²) in [7, 11) is 1.67. The van der Waals surface area contributed by atoms with Crippen molar-refractivity contribution in [2.45, 2.75) is 26.4 Å². The quantitative estimate of drug-likeness (QED) is 0.526. The summed E-state index contributed by atoms with van der Waals surface area (Å²) in [6.07, 6.45) is 1.05. The van der Waals surface area contributed by atoms with E-state index in [0.717, 1.165) is 30.9 Å². The molecule has 0 bridgehead atoms. The van der Waals surface area contributed by atoms with E-state index in [1.54, 1.807) is 7.11 Å². The van der Waals surface area contributed by atoms with Gasteiger partial charge in [0, 0.05) is 24.8 Å². The molecule has 144 valence electrons. The van der Waals surface area contributed by atoms with Crippen molar-refractivity contribution in [3.8, 4) is 5.75 Å². The van der Waals surface area contributed by atoms with Gasteiger partial charge >= 0.3 is 0 Å². The van der Waals surface area contributed by atoms with Crippen LogP contribution in [0.4, 0.5) is 5.69 Å². The van der Waals surface area contributed by atoms with E-state index < -0.39 is 0 Å². The van der Waals surface area contributed by atoms with Gasteiger partial charge in [-0.25, -0.2) is 0 Å². The van der Waals surface area contributed by atoms with Gasteiger partial charge in [0.1, 0.15) is 5.75 Å². The monoisotopic (exact) mass is 390 g/mol. The van der Waals surface area contributed by atoms with Gasteiger partial charge in [-0.15, -0.1) is 0 Å². The highest BCUT2D eigenvalue weighted by molar-refractivity contribution is 7.80. The van der Waals surface area contributed by atoms with Gasteiger partial charge in [0.25, 0.3) is 0 Å². The minimum Gasteiger partial charge on any atom is -0.497 e. The lowest BCUT2D eigenvalue weighted by molar-refractivity contribution is 0.412. The highest BCUT2D eigenvalue weighted by Crippen LogP contribution is 2.19. The third kappa shape index (κ3) is 5.57. The Balaban J connectivity index is 1.78. The van der Waals surface area contributed by atoms with Crippen molar-refractivity contribution in [2.75, 3.05) is 12.4 Å². The number of anilines is 1. The highest BCUT2D eigenvalue weighted by atomic mass is 32.1. The lowest BCUT2D eigenvalue weighted by Crippen LogP contribution is -2.33. The summed E-state index contributed by atoms with van der Waals surface area (Å²) in [4.78, 5) is 2.19. The van der Waals surface area contributed by atoms with Gasteiger partial charge in [-0.2, -0.15) is 0 Å². The summed E-state index contributed by atoms with van der Waals surface area (Å²) >= 11 is 5.76. The maximum absolute atomic E-state index is 5.76. The summed E-state index contributed by atoms with van der Waals surface area (Å²) in [6.45, 7) is 3.66. The van der Waals surface area contributed by atoms with Crippen LogP contribution in [0.1, 0.15) is 23.6 Å². The van der Waals surface area contributed by atoms with Gasteiger partial charge in [-0.05, 0) is 47.5 Å². The van der Waals surface area contributed by atoms with Gasteiger partial charge in [0.05, 0.1) is 7.11 Å². The molecular formula is C24H26N2OS. The fourth-order valence-electron chi connectivity index (χ4n) is 3.01. The van der Waals surface area contributed by atoms with Crippen molar-refractivity contribution in [1.29, 1.82) is 0 Å². The van der Waals surface area contributed by atoms with Crippen LogP contribution in [0.15, 0.2) is 78.9 Å². The van der Waals surface area contributed by atoms with Crippen LogP contribution in [0.2, 0.25) is 0 Å². The van der Waals surface area contributed by atoms with Crippen LogP contribution in [-0.4, -0.2) is 17.1 Å². The molecule has 0 aromatic heterocycles. The fraction of sp³-hybridized carbons (Fsp3) is 0.208. The minimum atomic E-state index is 0.691. The molecule has 0 atom stereocenters. The predicted octanol–water partition coefficient (Wildman–Crippen LogP) is 5.66. The number of benzene rings is 3. The standard InChI is InChI=1S/C24H26N2OS/c1-3-19-12-14-21(15-13-19)18-26(17-20-8-5-4-6-9-20)24(28)25-22-10-7-11-23(16-22)27-2/h4-16H,3,17-18H2,1-2H3,(H,25,28). The molecule has 3 aromatic carbocycles. The molecule has 0 heterocycles. The maximum atomic E-state index is 5.76. The van der Waals surface area contributed by atoms with Crippen LogP contribution in [0.25, 0.3) is 0 Å². The molecule has 0 fully saturated rings. The Bertz CT molecular complexity index is 894. The van der Waals surface area contributed by atoms with Crippen LogP contribution in [0.5, 0.6) is 5.75 Å². The number of rotatable bonds is 7. The lowest BCUT2D eigenvalue weighted by atomic mass is 10.1. The second-order valence-electron chi connectivity index (χ2n) is 6.67. The van der Waals surface area contributed by atoms with Crippen LogP contribution in [0.3, 0.4) is 0 Å². The molecule has 0 saturated heterocycles. The summed E-state index contributed by atoms with van der Waals surface area (Å²) in [5, 5.41) is 4.05. The molecule has 4 heteroatoms. The largest absolute Gasteiger partial charge is 0.497 e. The van der Waals surface area contributed by atoms with E-state index >= 15 is 0 Å². The first kappa shape index (κ1) is 19.9. The second-order valence-corrected chi connectivity index (χ2v) is 7.06. The normalized spacial score (nSPS) is 10.4. The number of thiocarbonyl (C=S) groups is 1. The van der Waals surface area contributed by atoms with E-state index in [1.165, 1.54) is 16.7 Å². The topological polar surface area (TPSA) is 24.5 Å². The first-order valence-electron chi connectivity index (χ1n) is 9.49. The molecular weight excluding hydrogens is 364 g/mol. The third-order valence-corrected chi connectivity index (χ3v) is 4.99. The van der Waals surface area contributed by atoms with Crippen molar-refractivity contribution in [3.63, 3.8) is 0 Å². The SMILES string of the molecule is CCc1ccc(CN(Cc2ccccc2)C(=S)Nc2cccc(OC)c2)cc1. The Morgan fingerprint density at radius 2 is 1.50 bits per heavy atom. The lowest BCUT2D eigenvalue weighted by Gasteiger charge is -2.26. The Labute approximate surface area is 173 Å². The number of nitrogens with one attached hydrogen (secondary N) is 1. The molecule has 3 rings (SSSR count). The maximum Gasteiger partial charge on any atom is 0.174 e. The van der Waals surface area contributed by atoms with Crippen molar-refractivity contribution < 1.29 is 4.74 Å². The van der Waals surface area contributed by atoms with E-state index in [9.17, 15) is 0 Å². The van der Waals surface area contributed by atoms with Crippen LogP contribution in [0, 0.1) is 0 Å². The Hall–Kier alpha value is -2.85. The zero-order chi connectivity index (χ0) is 19.8. The molecule has 1 N–H and O–H groups in total. The molecule has 3 aromatic rings. The predicted molar refractivity (Wildman–Crippen MR) is 121 cm³/mol. The number of methoxy groups -OCH3 is 1. The van der Waals surface area contributed by atoms with E-state index in [2.05, 4.69) is 65.7 Å². The molecule has 0 aliphatic rings. The summed E-state index contributed by atoms with van der Waals surface area (Å²) in [5.41, 5.74) is 4.73.